The summed E-state index contributed by atoms with van der Waals surface area (Å²) in [6.07, 6.45) is 1.58. The zero-order valence-corrected chi connectivity index (χ0v) is 13.6. The lowest BCUT2D eigenvalue weighted by Gasteiger charge is -2.12. The Labute approximate surface area is 133 Å². The summed E-state index contributed by atoms with van der Waals surface area (Å²) >= 11 is 1.59. The van der Waals surface area contributed by atoms with Gasteiger partial charge in [0.25, 0.3) is 0 Å². The Bertz CT molecular complexity index is 740. The number of hydrogen-bond acceptors (Lipinski definition) is 5. The van der Waals surface area contributed by atoms with Crippen molar-refractivity contribution in [3.63, 3.8) is 0 Å². The van der Waals surface area contributed by atoms with Crippen molar-refractivity contribution in [2.75, 3.05) is 18.9 Å². The monoisotopic (exact) mass is 320 g/mol. The first kappa shape index (κ1) is 16.6. The molecule has 5 nitrogen and oxygen atoms in total. The molecule has 2 aromatic rings. The number of fused-ring (bicyclic) bond motifs is 1. The maximum atomic E-state index is 12.6. The van der Waals surface area contributed by atoms with Crippen molar-refractivity contribution in [1.29, 1.82) is 0 Å². The Morgan fingerprint density at radius 1 is 1.36 bits per heavy atom. The van der Waals surface area contributed by atoms with Crippen LogP contribution >= 0.6 is 11.8 Å². The fraction of sp³-hybridized carbons (Fsp3) is 0.375. The highest BCUT2D eigenvalue weighted by molar-refractivity contribution is 7.99. The number of benzene rings is 1. The van der Waals surface area contributed by atoms with Crippen LogP contribution in [0.15, 0.2) is 34.1 Å². The van der Waals surface area contributed by atoms with Gasteiger partial charge in [-0.25, -0.2) is 4.79 Å². The van der Waals surface area contributed by atoms with Gasteiger partial charge >= 0.3 is 5.97 Å². The molecule has 0 atom stereocenters. The van der Waals surface area contributed by atoms with E-state index in [-0.39, 0.29) is 17.6 Å². The van der Waals surface area contributed by atoms with Gasteiger partial charge in [-0.3, -0.25) is 4.79 Å². The summed E-state index contributed by atoms with van der Waals surface area (Å²) in [6.45, 7) is 5.17. The number of nitrogens with two attached hydrogens (primary N) is 1. The lowest BCUT2D eigenvalue weighted by Crippen LogP contribution is -2.20. The largest absolute Gasteiger partial charge is 0.462 e. The van der Waals surface area contributed by atoms with Crippen LogP contribution in [0.4, 0.5) is 0 Å². The molecule has 0 aliphatic rings. The van der Waals surface area contributed by atoms with E-state index in [1.165, 1.54) is 0 Å². The number of aryl methyl sites for hydroxylation is 1. The minimum atomic E-state index is -0.573. The molecule has 0 bridgehead atoms. The molecule has 118 valence electrons. The fourth-order valence-electron chi connectivity index (χ4n) is 2.26. The van der Waals surface area contributed by atoms with Gasteiger partial charge in [-0.05, 0) is 32.0 Å². The first-order valence-corrected chi connectivity index (χ1v) is 8.28. The van der Waals surface area contributed by atoms with Crippen molar-refractivity contribution in [3.05, 3.63) is 40.2 Å². The molecular formula is C16H20N2O3S. The molecule has 1 aromatic heterocycles. The molecule has 0 aliphatic heterocycles. The lowest BCUT2D eigenvalue weighted by atomic mass is 10.1. The van der Waals surface area contributed by atoms with Crippen LogP contribution in [0.3, 0.4) is 0 Å². The molecule has 1 heterocycles. The second-order valence-electron chi connectivity index (χ2n) is 4.69. The van der Waals surface area contributed by atoms with E-state index in [1.807, 2.05) is 29.7 Å². The van der Waals surface area contributed by atoms with Gasteiger partial charge in [-0.2, -0.15) is 0 Å². The summed E-state index contributed by atoms with van der Waals surface area (Å²) < 4.78 is 6.87. The maximum absolute atomic E-state index is 12.6. The van der Waals surface area contributed by atoms with E-state index >= 15 is 0 Å². The minimum Gasteiger partial charge on any atom is -0.462 e. The number of esters is 1. The third-order valence-electron chi connectivity index (χ3n) is 3.27. The average molecular weight is 320 g/mol. The molecule has 6 heteroatoms. The van der Waals surface area contributed by atoms with Gasteiger partial charge in [-0.1, -0.05) is 0 Å². The van der Waals surface area contributed by atoms with Crippen LogP contribution < -0.4 is 11.2 Å². The number of thioether (sulfide) groups is 1. The second kappa shape index (κ2) is 7.47. The number of carbonyl (C=O) groups excluding carboxylic acids is 1. The summed E-state index contributed by atoms with van der Waals surface area (Å²) in [7, 11) is 0. The maximum Gasteiger partial charge on any atom is 0.343 e. The number of hydrogen-bond donors (Lipinski definition) is 1. The predicted octanol–water partition coefficient (Wildman–Crippen LogP) is 2.25. The molecule has 0 spiro atoms. The van der Waals surface area contributed by atoms with Gasteiger partial charge in [-0.15, -0.1) is 11.8 Å². The smallest absolute Gasteiger partial charge is 0.343 e. The number of pyridine rings is 1. The van der Waals surface area contributed by atoms with Gasteiger partial charge in [0.2, 0.25) is 5.43 Å². The third-order valence-corrected chi connectivity index (χ3v) is 4.30. The van der Waals surface area contributed by atoms with Crippen LogP contribution in [-0.4, -0.2) is 29.4 Å². The number of nitrogens with zero attached hydrogens (tertiary/aromatic N) is 1. The molecule has 22 heavy (non-hydrogen) atoms. The van der Waals surface area contributed by atoms with Crippen molar-refractivity contribution in [2.24, 2.45) is 5.73 Å². The van der Waals surface area contributed by atoms with Crippen molar-refractivity contribution in [2.45, 2.75) is 25.3 Å². The normalized spacial score (nSPS) is 10.9. The SMILES string of the molecule is CCOC(=O)c1cn(CC)c2ccc(SCCN)cc2c1=O. The van der Waals surface area contributed by atoms with Gasteiger partial charge < -0.3 is 15.0 Å². The molecule has 0 fully saturated rings. The molecule has 2 rings (SSSR count). The van der Waals surface area contributed by atoms with Crippen LogP contribution in [0.1, 0.15) is 24.2 Å². The topological polar surface area (TPSA) is 74.3 Å². The lowest BCUT2D eigenvalue weighted by molar-refractivity contribution is 0.0524. The minimum absolute atomic E-state index is 0.0807. The second-order valence-corrected chi connectivity index (χ2v) is 5.86. The highest BCUT2D eigenvalue weighted by atomic mass is 32.2. The van der Waals surface area contributed by atoms with Crippen LogP contribution in [0.2, 0.25) is 0 Å². The van der Waals surface area contributed by atoms with Gasteiger partial charge in [0.15, 0.2) is 0 Å². The average Bonchev–Trinajstić information content (AvgIpc) is 2.53. The molecule has 0 radical (unpaired) electrons. The molecule has 1 aromatic carbocycles. The number of carbonyl (C=O) groups is 1. The Balaban J connectivity index is 2.61. The van der Waals surface area contributed by atoms with E-state index < -0.39 is 5.97 Å². The van der Waals surface area contributed by atoms with Crippen molar-refractivity contribution in [1.82, 2.24) is 4.57 Å². The summed E-state index contributed by atoms with van der Waals surface area (Å²) in [6, 6.07) is 5.71. The van der Waals surface area contributed by atoms with Gasteiger partial charge in [0.05, 0.1) is 12.1 Å². The molecule has 0 aliphatic carbocycles. The van der Waals surface area contributed by atoms with Gasteiger partial charge in [0.1, 0.15) is 5.56 Å². The number of rotatable bonds is 6. The molecular weight excluding hydrogens is 300 g/mol. The highest BCUT2D eigenvalue weighted by Gasteiger charge is 2.16. The first-order chi connectivity index (χ1) is 10.6. The Morgan fingerprint density at radius 2 is 2.14 bits per heavy atom. The summed E-state index contributed by atoms with van der Waals surface area (Å²) in [5.41, 5.74) is 6.13. The summed E-state index contributed by atoms with van der Waals surface area (Å²) in [5, 5.41) is 0.537. The van der Waals surface area contributed by atoms with Crippen molar-refractivity contribution < 1.29 is 9.53 Å². The molecule has 0 saturated carbocycles. The summed E-state index contributed by atoms with van der Waals surface area (Å²) in [4.78, 5) is 25.5. The van der Waals surface area contributed by atoms with E-state index in [4.69, 9.17) is 10.5 Å². The fourth-order valence-corrected chi connectivity index (χ4v) is 2.98. The van der Waals surface area contributed by atoms with Crippen LogP contribution in [0.25, 0.3) is 10.9 Å². The van der Waals surface area contributed by atoms with Crippen LogP contribution in [-0.2, 0) is 11.3 Å². The van der Waals surface area contributed by atoms with E-state index in [2.05, 4.69) is 0 Å². The van der Waals surface area contributed by atoms with E-state index in [1.54, 1.807) is 24.9 Å². The Kier molecular flexibility index (Phi) is 5.63. The summed E-state index contributed by atoms with van der Waals surface area (Å²) in [5.74, 6) is 0.210. The molecule has 2 N–H and O–H groups in total. The standard InChI is InChI=1S/C16H20N2O3S/c1-3-18-10-13(16(20)21-4-2)15(19)12-9-11(22-8-7-17)5-6-14(12)18/h5-6,9-10H,3-4,7-8,17H2,1-2H3. The molecule has 0 amide bonds. The van der Waals surface area contributed by atoms with Crippen LogP contribution in [0.5, 0.6) is 0 Å². The first-order valence-electron chi connectivity index (χ1n) is 7.29. The van der Waals surface area contributed by atoms with E-state index in [9.17, 15) is 9.59 Å². The third kappa shape index (κ3) is 3.34. The molecule has 0 unspecified atom stereocenters. The number of aromatic nitrogens is 1. The van der Waals surface area contributed by atoms with E-state index in [0.29, 0.717) is 18.5 Å². The quantitative estimate of drug-likeness (QED) is 0.653. The van der Waals surface area contributed by atoms with Gasteiger partial charge in [0, 0.05) is 35.3 Å². The number of ether oxygens (including phenoxy) is 1. The Hall–Kier alpha value is -1.79. The van der Waals surface area contributed by atoms with Crippen molar-refractivity contribution >= 4 is 28.6 Å². The predicted molar refractivity (Wildman–Crippen MR) is 89.6 cm³/mol. The van der Waals surface area contributed by atoms with Crippen molar-refractivity contribution in [3.8, 4) is 0 Å². The highest BCUT2D eigenvalue weighted by Crippen LogP contribution is 2.22. The van der Waals surface area contributed by atoms with Crippen LogP contribution in [0, 0.1) is 0 Å². The zero-order valence-electron chi connectivity index (χ0n) is 12.8. The Morgan fingerprint density at radius 3 is 2.77 bits per heavy atom. The van der Waals surface area contributed by atoms with E-state index in [0.717, 1.165) is 16.2 Å². The molecule has 0 saturated heterocycles. The zero-order chi connectivity index (χ0) is 16.1.